The molecule has 0 heterocycles. The molecule has 0 saturated heterocycles. The number of carbonyl (C=O) groups is 1. The second kappa shape index (κ2) is 6.19. The molecule has 0 aliphatic rings. The van der Waals surface area contributed by atoms with Gasteiger partial charge < -0.3 is 10.1 Å². The molecule has 0 amide bonds. The Morgan fingerprint density at radius 3 is 2.50 bits per heavy atom. The molecular formula is C16H16FNO2. The normalized spacial score (nSPS) is 10.2. The molecule has 0 aromatic heterocycles. The van der Waals surface area contributed by atoms with E-state index < -0.39 is 5.82 Å². The summed E-state index contributed by atoms with van der Waals surface area (Å²) < 4.78 is 18.7. The molecule has 104 valence electrons. The first-order valence-electron chi connectivity index (χ1n) is 6.28. The molecule has 3 nitrogen and oxygen atoms in total. The van der Waals surface area contributed by atoms with E-state index in [4.69, 9.17) is 4.74 Å². The van der Waals surface area contributed by atoms with Crippen LogP contribution in [0.5, 0.6) is 5.75 Å². The summed E-state index contributed by atoms with van der Waals surface area (Å²) in [6.07, 6.45) is 0. The zero-order valence-corrected chi connectivity index (χ0v) is 11.4. The Labute approximate surface area is 117 Å². The summed E-state index contributed by atoms with van der Waals surface area (Å²) in [6, 6.07) is 12.1. The van der Waals surface area contributed by atoms with Crippen molar-refractivity contribution in [2.24, 2.45) is 0 Å². The van der Waals surface area contributed by atoms with E-state index in [0.717, 1.165) is 11.3 Å². The Kier molecular flexibility index (Phi) is 4.35. The predicted molar refractivity (Wildman–Crippen MR) is 76.7 cm³/mol. The van der Waals surface area contributed by atoms with Gasteiger partial charge in [0, 0.05) is 12.2 Å². The van der Waals surface area contributed by atoms with Crippen molar-refractivity contribution in [2.45, 2.75) is 13.5 Å². The average molecular weight is 273 g/mol. The van der Waals surface area contributed by atoms with Gasteiger partial charge in [0.2, 0.25) is 0 Å². The van der Waals surface area contributed by atoms with Crippen molar-refractivity contribution in [1.29, 1.82) is 0 Å². The van der Waals surface area contributed by atoms with Crippen LogP contribution in [0.2, 0.25) is 0 Å². The third-order valence-electron chi connectivity index (χ3n) is 3.01. The van der Waals surface area contributed by atoms with Gasteiger partial charge in [0.15, 0.2) is 5.78 Å². The molecule has 2 rings (SSSR count). The second-order valence-electron chi connectivity index (χ2n) is 4.42. The summed E-state index contributed by atoms with van der Waals surface area (Å²) in [5.41, 5.74) is 1.62. The molecule has 0 radical (unpaired) electrons. The van der Waals surface area contributed by atoms with E-state index in [-0.39, 0.29) is 11.3 Å². The number of carbonyl (C=O) groups excluding carboxylic acids is 1. The standard InChI is InChI=1S/C16H16FNO2/c1-11(19)16-14(17)4-3-5-15(16)18-10-12-6-8-13(20-2)9-7-12/h3-9,18H,10H2,1-2H3. The van der Waals surface area contributed by atoms with Crippen LogP contribution in [-0.2, 0) is 6.54 Å². The summed E-state index contributed by atoms with van der Waals surface area (Å²) >= 11 is 0. The molecule has 0 bridgehead atoms. The van der Waals surface area contributed by atoms with Gasteiger partial charge in [-0.25, -0.2) is 4.39 Å². The first-order valence-corrected chi connectivity index (χ1v) is 6.28. The number of ether oxygens (including phenoxy) is 1. The van der Waals surface area contributed by atoms with E-state index >= 15 is 0 Å². The molecule has 0 spiro atoms. The number of rotatable bonds is 5. The van der Waals surface area contributed by atoms with Crippen LogP contribution in [0.1, 0.15) is 22.8 Å². The number of Topliss-reactive ketones (excluding diaryl/α,β-unsaturated/α-hetero) is 1. The fraction of sp³-hybridized carbons (Fsp3) is 0.188. The number of hydrogen-bond donors (Lipinski definition) is 1. The summed E-state index contributed by atoms with van der Waals surface area (Å²) in [4.78, 5) is 11.5. The van der Waals surface area contributed by atoms with Crippen LogP contribution in [0.25, 0.3) is 0 Å². The van der Waals surface area contributed by atoms with Crippen LogP contribution in [0.4, 0.5) is 10.1 Å². The molecule has 0 aliphatic carbocycles. The highest BCUT2D eigenvalue weighted by Crippen LogP contribution is 2.20. The first-order chi connectivity index (χ1) is 9.61. The van der Waals surface area contributed by atoms with E-state index in [9.17, 15) is 9.18 Å². The highest BCUT2D eigenvalue weighted by molar-refractivity contribution is 5.99. The molecule has 1 N–H and O–H groups in total. The Balaban J connectivity index is 2.14. The highest BCUT2D eigenvalue weighted by Gasteiger charge is 2.12. The summed E-state index contributed by atoms with van der Waals surface area (Å²) in [6.45, 7) is 1.87. The number of halogens is 1. The highest BCUT2D eigenvalue weighted by atomic mass is 19.1. The Morgan fingerprint density at radius 1 is 1.20 bits per heavy atom. The molecule has 20 heavy (non-hydrogen) atoms. The van der Waals surface area contributed by atoms with Crippen LogP contribution in [-0.4, -0.2) is 12.9 Å². The predicted octanol–water partition coefficient (Wildman–Crippen LogP) is 3.65. The second-order valence-corrected chi connectivity index (χ2v) is 4.42. The molecule has 0 atom stereocenters. The average Bonchev–Trinajstić information content (AvgIpc) is 2.45. The zero-order chi connectivity index (χ0) is 14.5. The molecule has 0 aliphatic heterocycles. The molecule has 2 aromatic rings. The van der Waals surface area contributed by atoms with Gasteiger partial charge in [-0.1, -0.05) is 18.2 Å². The van der Waals surface area contributed by atoms with Gasteiger partial charge in [0.25, 0.3) is 0 Å². The smallest absolute Gasteiger partial charge is 0.164 e. The molecule has 0 unspecified atom stereocenters. The number of nitrogens with one attached hydrogen (secondary N) is 1. The Morgan fingerprint density at radius 2 is 1.90 bits per heavy atom. The monoisotopic (exact) mass is 273 g/mol. The SMILES string of the molecule is COc1ccc(CNc2cccc(F)c2C(C)=O)cc1. The topological polar surface area (TPSA) is 38.3 Å². The number of hydrogen-bond acceptors (Lipinski definition) is 3. The quantitative estimate of drug-likeness (QED) is 0.845. The van der Waals surface area contributed by atoms with Crippen LogP contribution >= 0.6 is 0 Å². The van der Waals surface area contributed by atoms with Gasteiger partial charge in [-0.2, -0.15) is 0 Å². The lowest BCUT2D eigenvalue weighted by atomic mass is 10.1. The van der Waals surface area contributed by atoms with E-state index in [1.807, 2.05) is 24.3 Å². The van der Waals surface area contributed by atoms with Crippen molar-refractivity contribution in [3.8, 4) is 5.75 Å². The third kappa shape index (κ3) is 3.15. The van der Waals surface area contributed by atoms with Gasteiger partial charge in [-0.15, -0.1) is 0 Å². The maximum absolute atomic E-state index is 13.6. The molecular weight excluding hydrogens is 257 g/mol. The maximum Gasteiger partial charge on any atom is 0.164 e. The minimum absolute atomic E-state index is 0.0982. The fourth-order valence-corrected chi connectivity index (χ4v) is 1.97. The molecule has 4 heteroatoms. The van der Waals surface area contributed by atoms with E-state index in [1.165, 1.54) is 13.0 Å². The van der Waals surface area contributed by atoms with Crippen LogP contribution in [0.3, 0.4) is 0 Å². The lowest BCUT2D eigenvalue weighted by molar-refractivity contribution is 0.101. The maximum atomic E-state index is 13.6. The van der Waals surface area contributed by atoms with Crippen LogP contribution < -0.4 is 10.1 Å². The third-order valence-corrected chi connectivity index (χ3v) is 3.01. The number of benzene rings is 2. The van der Waals surface area contributed by atoms with E-state index in [2.05, 4.69) is 5.32 Å². The van der Waals surface area contributed by atoms with Crippen molar-refractivity contribution in [3.63, 3.8) is 0 Å². The summed E-state index contributed by atoms with van der Waals surface area (Å²) in [7, 11) is 1.61. The van der Waals surface area contributed by atoms with Gasteiger partial charge in [0.05, 0.1) is 12.7 Å². The lowest BCUT2D eigenvalue weighted by Gasteiger charge is -2.11. The minimum Gasteiger partial charge on any atom is -0.497 e. The Bertz CT molecular complexity index is 608. The molecule has 0 saturated carbocycles. The van der Waals surface area contributed by atoms with Crippen molar-refractivity contribution in [1.82, 2.24) is 0 Å². The number of ketones is 1. The van der Waals surface area contributed by atoms with Crippen molar-refractivity contribution >= 4 is 11.5 Å². The van der Waals surface area contributed by atoms with Crippen molar-refractivity contribution in [3.05, 3.63) is 59.4 Å². The number of anilines is 1. The van der Waals surface area contributed by atoms with E-state index in [1.54, 1.807) is 19.2 Å². The van der Waals surface area contributed by atoms with Gasteiger partial charge in [0.1, 0.15) is 11.6 Å². The van der Waals surface area contributed by atoms with Crippen LogP contribution in [0.15, 0.2) is 42.5 Å². The van der Waals surface area contributed by atoms with Gasteiger partial charge in [-0.05, 0) is 36.8 Å². The Hall–Kier alpha value is -2.36. The van der Waals surface area contributed by atoms with Crippen LogP contribution in [0, 0.1) is 5.82 Å². The summed E-state index contributed by atoms with van der Waals surface area (Å²) in [5.74, 6) is -0.0125. The summed E-state index contributed by atoms with van der Waals surface area (Å²) in [5, 5.41) is 3.09. The number of methoxy groups -OCH3 is 1. The van der Waals surface area contributed by atoms with Gasteiger partial charge >= 0.3 is 0 Å². The van der Waals surface area contributed by atoms with Gasteiger partial charge in [-0.3, -0.25) is 4.79 Å². The van der Waals surface area contributed by atoms with E-state index in [0.29, 0.717) is 12.2 Å². The fourth-order valence-electron chi connectivity index (χ4n) is 1.97. The zero-order valence-electron chi connectivity index (χ0n) is 11.4. The van der Waals surface area contributed by atoms with Crippen molar-refractivity contribution < 1.29 is 13.9 Å². The van der Waals surface area contributed by atoms with Crippen molar-refractivity contribution in [2.75, 3.05) is 12.4 Å². The first kappa shape index (κ1) is 14.1. The lowest BCUT2D eigenvalue weighted by Crippen LogP contribution is -2.07. The molecule has 2 aromatic carbocycles. The minimum atomic E-state index is -0.503. The largest absolute Gasteiger partial charge is 0.497 e. The molecule has 0 fully saturated rings.